The second-order valence-electron chi connectivity index (χ2n) is 5.42. The van der Waals surface area contributed by atoms with Crippen molar-refractivity contribution in [1.29, 1.82) is 0 Å². The van der Waals surface area contributed by atoms with Gasteiger partial charge in [0.1, 0.15) is 0 Å². The summed E-state index contributed by atoms with van der Waals surface area (Å²) in [7, 11) is 0. The molecule has 1 atom stereocenters. The highest BCUT2D eigenvalue weighted by Crippen LogP contribution is 2.35. The topological polar surface area (TPSA) is 38.5 Å². The van der Waals surface area contributed by atoms with Gasteiger partial charge in [0.2, 0.25) is 0 Å². The fourth-order valence-electron chi connectivity index (χ4n) is 2.38. The number of rotatable bonds is 1. The van der Waals surface area contributed by atoms with Crippen LogP contribution in [0.3, 0.4) is 0 Å². The van der Waals surface area contributed by atoms with E-state index in [1.807, 2.05) is 5.01 Å². The average molecular weight is 200 g/mol. The third kappa shape index (κ3) is 3.23. The van der Waals surface area contributed by atoms with E-state index >= 15 is 0 Å². The molecule has 0 bridgehead atoms. The SMILES string of the molecule is CCC1(C)CN(N)CCOC(C)(C)C1. The maximum Gasteiger partial charge on any atom is 0.0632 e. The van der Waals surface area contributed by atoms with E-state index in [9.17, 15) is 0 Å². The van der Waals surface area contributed by atoms with Crippen molar-refractivity contribution in [3.63, 3.8) is 0 Å². The molecule has 1 fully saturated rings. The van der Waals surface area contributed by atoms with Crippen LogP contribution in [-0.2, 0) is 4.74 Å². The molecule has 0 spiro atoms. The van der Waals surface area contributed by atoms with Gasteiger partial charge in [-0.15, -0.1) is 0 Å². The first-order chi connectivity index (χ1) is 6.37. The van der Waals surface area contributed by atoms with E-state index in [4.69, 9.17) is 10.6 Å². The quantitative estimate of drug-likeness (QED) is 0.656. The third-order valence-corrected chi connectivity index (χ3v) is 3.16. The zero-order chi connectivity index (χ0) is 10.8. The maximum absolute atomic E-state index is 5.90. The lowest BCUT2D eigenvalue weighted by Gasteiger charge is -2.41. The van der Waals surface area contributed by atoms with Crippen LogP contribution < -0.4 is 5.84 Å². The number of nitrogens with two attached hydrogens (primary N) is 1. The molecule has 0 amide bonds. The van der Waals surface area contributed by atoms with E-state index < -0.39 is 0 Å². The van der Waals surface area contributed by atoms with Crippen molar-refractivity contribution in [3.05, 3.63) is 0 Å². The number of hydrogen-bond acceptors (Lipinski definition) is 3. The minimum atomic E-state index is -0.00792. The summed E-state index contributed by atoms with van der Waals surface area (Å²) in [6.45, 7) is 11.4. The van der Waals surface area contributed by atoms with Crippen LogP contribution in [0, 0.1) is 5.41 Å². The van der Waals surface area contributed by atoms with E-state index in [0.717, 1.165) is 32.5 Å². The lowest BCUT2D eigenvalue weighted by atomic mass is 9.77. The highest BCUT2D eigenvalue weighted by atomic mass is 16.5. The minimum Gasteiger partial charge on any atom is -0.374 e. The summed E-state index contributed by atoms with van der Waals surface area (Å²) in [4.78, 5) is 0. The van der Waals surface area contributed by atoms with Gasteiger partial charge in [-0.25, -0.2) is 5.01 Å². The van der Waals surface area contributed by atoms with Crippen LogP contribution in [0.2, 0.25) is 0 Å². The second kappa shape index (κ2) is 4.17. The molecular weight excluding hydrogens is 176 g/mol. The molecule has 84 valence electrons. The molecule has 1 unspecified atom stereocenters. The number of ether oxygens (including phenoxy) is 1. The van der Waals surface area contributed by atoms with Crippen LogP contribution in [-0.4, -0.2) is 30.3 Å². The minimum absolute atomic E-state index is 0.00792. The molecule has 0 radical (unpaired) electrons. The predicted octanol–water partition coefficient (Wildman–Crippen LogP) is 1.78. The lowest BCUT2D eigenvalue weighted by Crippen LogP contribution is -2.48. The molecule has 2 N–H and O–H groups in total. The van der Waals surface area contributed by atoms with E-state index in [0.29, 0.717) is 0 Å². The molecule has 0 aliphatic carbocycles. The Morgan fingerprint density at radius 1 is 1.36 bits per heavy atom. The van der Waals surface area contributed by atoms with Crippen LogP contribution in [0.25, 0.3) is 0 Å². The predicted molar refractivity (Wildman–Crippen MR) is 58.8 cm³/mol. The molecule has 1 rings (SSSR count). The summed E-state index contributed by atoms with van der Waals surface area (Å²) in [6, 6.07) is 0. The van der Waals surface area contributed by atoms with Crippen LogP contribution in [0.1, 0.15) is 40.5 Å². The Morgan fingerprint density at radius 3 is 2.57 bits per heavy atom. The van der Waals surface area contributed by atoms with Crippen molar-refractivity contribution in [1.82, 2.24) is 5.01 Å². The van der Waals surface area contributed by atoms with Gasteiger partial charge in [0.25, 0.3) is 0 Å². The van der Waals surface area contributed by atoms with Crippen molar-refractivity contribution in [3.8, 4) is 0 Å². The Kier molecular flexibility index (Phi) is 3.56. The first-order valence-electron chi connectivity index (χ1n) is 5.50. The first-order valence-corrected chi connectivity index (χ1v) is 5.50. The number of hydrazine groups is 1. The van der Waals surface area contributed by atoms with Gasteiger partial charge in [-0.05, 0) is 32.1 Å². The fourth-order valence-corrected chi connectivity index (χ4v) is 2.38. The molecule has 14 heavy (non-hydrogen) atoms. The molecule has 0 aromatic rings. The van der Waals surface area contributed by atoms with Gasteiger partial charge in [0.15, 0.2) is 0 Å². The van der Waals surface area contributed by atoms with Gasteiger partial charge in [0.05, 0.1) is 12.2 Å². The summed E-state index contributed by atoms with van der Waals surface area (Å²) >= 11 is 0. The van der Waals surface area contributed by atoms with Crippen LogP contribution >= 0.6 is 0 Å². The first kappa shape index (κ1) is 12.0. The smallest absolute Gasteiger partial charge is 0.0632 e. The van der Waals surface area contributed by atoms with Gasteiger partial charge in [-0.3, -0.25) is 5.84 Å². The standard InChI is InChI=1S/C11H24N2O/c1-5-11(4)8-10(2,3)14-7-6-13(12)9-11/h5-9,12H2,1-4H3. The normalized spacial score (nSPS) is 34.9. The van der Waals surface area contributed by atoms with Crippen molar-refractivity contribution in [2.24, 2.45) is 11.3 Å². The summed E-state index contributed by atoms with van der Waals surface area (Å²) in [6.07, 6.45) is 2.22. The molecule has 0 aromatic heterocycles. The molecule has 0 aromatic carbocycles. The summed E-state index contributed by atoms with van der Waals surface area (Å²) in [5.41, 5.74) is 0.269. The molecule has 1 heterocycles. The van der Waals surface area contributed by atoms with Crippen molar-refractivity contribution < 1.29 is 4.74 Å². The molecule has 1 aliphatic heterocycles. The third-order valence-electron chi connectivity index (χ3n) is 3.16. The Bertz CT molecular complexity index is 194. The highest BCUT2D eigenvalue weighted by Gasteiger charge is 2.34. The molecular formula is C11H24N2O. The molecule has 3 nitrogen and oxygen atoms in total. The van der Waals surface area contributed by atoms with Gasteiger partial charge >= 0.3 is 0 Å². The van der Waals surface area contributed by atoms with Crippen molar-refractivity contribution >= 4 is 0 Å². The molecule has 3 heteroatoms. The number of nitrogens with zero attached hydrogens (tertiary/aromatic N) is 1. The fraction of sp³-hybridized carbons (Fsp3) is 1.00. The van der Waals surface area contributed by atoms with Crippen molar-refractivity contribution in [2.45, 2.75) is 46.1 Å². The summed E-state index contributed by atoms with van der Waals surface area (Å²) in [5.74, 6) is 5.90. The van der Waals surface area contributed by atoms with E-state index in [-0.39, 0.29) is 11.0 Å². The van der Waals surface area contributed by atoms with Gasteiger partial charge in [-0.2, -0.15) is 0 Å². The van der Waals surface area contributed by atoms with Crippen LogP contribution in [0.15, 0.2) is 0 Å². The van der Waals surface area contributed by atoms with Gasteiger partial charge in [0, 0.05) is 13.1 Å². The number of hydrogen-bond donors (Lipinski definition) is 1. The molecule has 0 saturated carbocycles. The second-order valence-corrected chi connectivity index (χ2v) is 5.42. The average Bonchev–Trinajstić information content (AvgIpc) is 2.00. The Morgan fingerprint density at radius 2 is 2.00 bits per heavy atom. The zero-order valence-electron chi connectivity index (χ0n) is 9.97. The lowest BCUT2D eigenvalue weighted by molar-refractivity contribution is -0.0818. The molecule has 1 aliphatic rings. The highest BCUT2D eigenvalue weighted by molar-refractivity contribution is 4.85. The Hall–Kier alpha value is -0.120. The summed E-state index contributed by atoms with van der Waals surface area (Å²) < 4.78 is 5.82. The van der Waals surface area contributed by atoms with E-state index in [2.05, 4.69) is 27.7 Å². The summed E-state index contributed by atoms with van der Waals surface area (Å²) in [5, 5.41) is 1.89. The monoisotopic (exact) mass is 200 g/mol. The Balaban J connectivity index is 2.71. The van der Waals surface area contributed by atoms with Gasteiger partial charge < -0.3 is 4.74 Å². The van der Waals surface area contributed by atoms with Crippen molar-refractivity contribution in [2.75, 3.05) is 19.7 Å². The van der Waals surface area contributed by atoms with Crippen LogP contribution in [0.4, 0.5) is 0 Å². The van der Waals surface area contributed by atoms with Gasteiger partial charge in [-0.1, -0.05) is 13.8 Å². The Labute approximate surface area is 87.6 Å². The molecule has 1 saturated heterocycles. The zero-order valence-corrected chi connectivity index (χ0v) is 9.97. The van der Waals surface area contributed by atoms with E-state index in [1.165, 1.54) is 0 Å². The van der Waals surface area contributed by atoms with Crippen LogP contribution in [0.5, 0.6) is 0 Å². The largest absolute Gasteiger partial charge is 0.374 e. The maximum atomic E-state index is 5.90. The van der Waals surface area contributed by atoms with E-state index in [1.54, 1.807) is 0 Å².